The molecule has 0 aromatic rings. The minimum absolute atomic E-state index is 0.190. The number of hydrogen-bond donors (Lipinski definition) is 0. The lowest BCUT2D eigenvalue weighted by atomic mass is 10.3. The second kappa shape index (κ2) is 6.19. The van der Waals surface area contributed by atoms with Crippen molar-refractivity contribution < 1.29 is 23.8 Å². The van der Waals surface area contributed by atoms with E-state index in [0.717, 1.165) is 0 Å². The molecule has 0 unspecified atom stereocenters. The summed E-state index contributed by atoms with van der Waals surface area (Å²) in [4.78, 5) is 21.8. The van der Waals surface area contributed by atoms with Crippen LogP contribution in [0, 0.1) is 0 Å². The van der Waals surface area contributed by atoms with Gasteiger partial charge in [0.2, 0.25) is 0 Å². The van der Waals surface area contributed by atoms with Gasteiger partial charge in [0.05, 0.1) is 6.61 Å². The molecule has 0 radical (unpaired) electrons. The molecule has 5 nitrogen and oxygen atoms in total. The lowest BCUT2D eigenvalue weighted by molar-refractivity contribution is -0.153. The Morgan fingerprint density at radius 2 is 1.77 bits per heavy atom. The van der Waals surface area contributed by atoms with Gasteiger partial charge in [-0.3, -0.25) is 0 Å². The van der Waals surface area contributed by atoms with Crippen LogP contribution < -0.4 is 0 Å². The Hall–Kier alpha value is -1.36. The maximum absolute atomic E-state index is 10.9. The standard InChI is InChI=1S/C8H12O5/c1-4-12-7(9)6(2)8(10)13-5-11-3/h2,4-5H2,1,3H3. The average Bonchev–Trinajstić information content (AvgIpc) is 2.13. The largest absolute Gasteiger partial charge is 0.462 e. The Morgan fingerprint density at radius 3 is 2.23 bits per heavy atom. The Bertz CT molecular complexity index is 209. The first-order valence-corrected chi connectivity index (χ1v) is 3.65. The number of carbonyl (C=O) groups excluding carboxylic acids is 2. The molecule has 0 heterocycles. The van der Waals surface area contributed by atoms with Gasteiger partial charge in [-0.2, -0.15) is 0 Å². The first-order chi connectivity index (χ1) is 6.13. The van der Waals surface area contributed by atoms with E-state index >= 15 is 0 Å². The molecule has 0 saturated heterocycles. The molecular weight excluding hydrogens is 176 g/mol. The number of methoxy groups -OCH3 is 1. The fraction of sp³-hybridized carbons (Fsp3) is 0.500. The lowest BCUT2D eigenvalue weighted by Crippen LogP contribution is -2.18. The van der Waals surface area contributed by atoms with E-state index in [1.807, 2.05) is 0 Å². The van der Waals surface area contributed by atoms with Crippen LogP contribution in [0.4, 0.5) is 0 Å². The molecule has 0 atom stereocenters. The summed E-state index contributed by atoms with van der Waals surface area (Å²) in [6.07, 6.45) is 0. The van der Waals surface area contributed by atoms with Crippen LogP contribution in [0.3, 0.4) is 0 Å². The second-order valence-electron chi connectivity index (χ2n) is 2.04. The summed E-state index contributed by atoms with van der Waals surface area (Å²) in [6, 6.07) is 0. The van der Waals surface area contributed by atoms with Crippen LogP contribution >= 0.6 is 0 Å². The quantitative estimate of drug-likeness (QED) is 0.203. The number of carbonyl (C=O) groups is 2. The smallest absolute Gasteiger partial charge is 0.347 e. The van der Waals surface area contributed by atoms with Gasteiger partial charge in [0.15, 0.2) is 6.79 Å². The summed E-state index contributed by atoms with van der Waals surface area (Å²) in [6.45, 7) is 4.83. The van der Waals surface area contributed by atoms with Crippen LogP contribution in [0.15, 0.2) is 12.2 Å². The molecule has 0 aliphatic rings. The van der Waals surface area contributed by atoms with Crippen LogP contribution in [-0.4, -0.2) is 32.4 Å². The SMILES string of the molecule is C=C(C(=O)OCC)C(=O)OCOC. The van der Waals surface area contributed by atoms with E-state index in [-0.39, 0.29) is 19.0 Å². The summed E-state index contributed by atoms with van der Waals surface area (Å²) in [7, 11) is 1.36. The third kappa shape index (κ3) is 4.27. The number of esters is 2. The molecule has 0 rings (SSSR count). The molecule has 5 heteroatoms. The van der Waals surface area contributed by atoms with E-state index in [0.29, 0.717) is 0 Å². The highest BCUT2D eigenvalue weighted by atomic mass is 16.7. The fourth-order valence-corrected chi connectivity index (χ4v) is 0.501. The normalized spacial score (nSPS) is 9.08. The van der Waals surface area contributed by atoms with Gasteiger partial charge < -0.3 is 14.2 Å². The van der Waals surface area contributed by atoms with Crippen molar-refractivity contribution in [2.24, 2.45) is 0 Å². The molecule has 0 saturated carbocycles. The lowest BCUT2D eigenvalue weighted by Gasteiger charge is -2.04. The van der Waals surface area contributed by atoms with Crippen molar-refractivity contribution in [2.45, 2.75) is 6.92 Å². The maximum atomic E-state index is 10.9. The molecule has 0 bridgehead atoms. The van der Waals surface area contributed by atoms with Crippen molar-refractivity contribution >= 4 is 11.9 Å². The van der Waals surface area contributed by atoms with E-state index < -0.39 is 11.9 Å². The van der Waals surface area contributed by atoms with E-state index in [2.05, 4.69) is 20.8 Å². The minimum Gasteiger partial charge on any atom is -0.462 e. The Balaban J connectivity index is 3.95. The number of rotatable bonds is 5. The average molecular weight is 188 g/mol. The fourth-order valence-electron chi connectivity index (χ4n) is 0.501. The van der Waals surface area contributed by atoms with Gasteiger partial charge in [0, 0.05) is 7.11 Å². The van der Waals surface area contributed by atoms with Crippen molar-refractivity contribution in [1.82, 2.24) is 0 Å². The van der Waals surface area contributed by atoms with Gasteiger partial charge in [0.25, 0.3) is 0 Å². The number of hydrogen-bond acceptors (Lipinski definition) is 5. The first kappa shape index (κ1) is 11.6. The highest BCUT2D eigenvalue weighted by Gasteiger charge is 2.17. The summed E-state index contributed by atoms with van der Waals surface area (Å²) in [5.74, 6) is -1.61. The Morgan fingerprint density at radius 1 is 1.23 bits per heavy atom. The summed E-state index contributed by atoms with van der Waals surface area (Å²) >= 11 is 0. The molecular formula is C8H12O5. The van der Waals surface area contributed by atoms with Gasteiger partial charge in [-0.1, -0.05) is 6.58 Å². The zero-order valence-corrected chi connectivity index (χ0v) is 7.66. The Kier molecular flexibility index (Phi) is 5.54. The van der Waals surface area contributed by atoms with Crippen LogP contribution in [0.2, 0.25) is 0 Å². The topological polar surface area (TPSA) is 61.8 Å². The van der Waals surface area contributed by atoms with E-state index in [1.165, 1.54) is 7.11 Å². The van der Waals surface area contributed by atoms with Gasteiger partial charge >= 0.3 is 11.9 Å². The van der Waals surface area contributed by atoms with Gasteiger partial charge in [-0.15, -0.1) is 0 Å². The van der Waals surface area contributed by atoms with Crippen molar-refractivity contribution in [1.29, 1.82) is 0 Å². The van der Waals surface area contributed by atoms with Crippen LogP contribution in [0.5, 0.6) is 0 Å². The van der Waals surface area contributed by atoms with Crippen molar-refractivity contribution in [2.75, 3.05) is 20.5 Å². The van der Waals surface area contributed by atoms with Crippen LogP contribution in [-0.2, 0) is 23.8 Å². The zero-order chi connectivity index (χ0) is 10.3. The molecule has 0 aromatic heterocycles. The summed E-state index contributed by atoms with van der Waals surface area (Å²) in [5, 5.41) is 0. The van der Waals surface area contributed by atoms with Crippen molar-refractivity contribution in [3.63, 3.8) is 0 Å². The van der Waals surface area contributed by atoms with Gasteiger partial charge in [-0.05, 0) is 6.92 Å². The molecule has 0 amide bonds. The van der Waals surface area contributed by atoms with Gasteiger partial charge in [0.1, 0.15) is 5.57 Å². The van der Waals surface area contributed by atoms with Crippen molar-refractivity contribution in [3.05, 3.63) is 12.2 Å². The molecule has 0 aromatic carbocycles. The molecule has 74 valence electrons. The van der Waals surface area contributed by atoms with Crippen LogP contribution in [0.25, 0.3) is 0 Å². The van der Waals surface area contributed by atoms with Crippen LogP contribution in [0.1, 0.15) is 6.92 Å². The molecule has 0 N–H and O–H groups in total. The monoisotopic (exact) mass is 188 g/mol. The van der Waals surface area contributed by atoms with E-state index in [4.69, 9.17) is 0 Å². The molecule has 0 spiro atoms. The molecule has 0 aliphatic carbocycles. The third-order valence-electron chi connectivity index (χ3n) is 1.08. The number of ether oxygens (including phenoxy) is 3. The summed E-state index contributed by atoms with van der Waals surface area (Å²) in [5.41, 5.74) is -0.334. The maximum Gasteiger partial charge on any atom is 0.347 e. The highest BCUT2D eigenvalue weighted by molar-refractivity contribution is 6.13. The zero-order valence-electron chi connectivity index (χ0n) is 7.66. The molecule has 0 aliphatic heterocycles. The van der Waals surface area contributed by atoms with E-state index in [1.54, 1.807) is 6.92 Å². The highest BCUT2D eigenvalue weighted by Crippen LogP contribution is 1.98. The van der Waals surface area contributed by atoms with E-state index in [9.17, 15) is 9.59 Å². The Labute approximate surface area is 76.3 Å². The van der Waals surface area contributed by atoms with Gasteiger partial charge in [-0.25, -0.2) is 9.59 Å². The predicted molar refractivity (Wildman–Crippen MR) is 43.7 cm³/mol. The molecule has 0 fully saturated rings. The summed E-state index contributed by atoms with van der Waals surface area (Å²) < 4.78 is 13.4. The second-order valence-corrected chi connectivity index (χ2v) is 2.04. The first-order valence-electron chi connectivity index (χ1n) is 3.65. The predicted octanol–water partition coefficient (Wildman–Crippen LogP) is 0.253. The minimum atomic E-state index is -0.833. The third-order valence-corrected chi connectivity index (χ3v) is 1.08. The molecule has 13 heavy (non-hydrogen) atoms. The van der Waals surface area contributed by atoms with Crippen molar-refractivity contribution in [3.8, 4) is 0 Å².